The van der Waals surface area contributed by atoms with Gasteiger partial charge in [0.25, 0.3) is 5.91 Å². The molecule has 8 nitrogen and oxygen atoms in total. The second-order valence-electron chi connectivity index (χ2n) is 9.32. The zero-order valence-corrected chi connectivity index (χ0v) is 22.1. The summed E-state index contributed by atoms with van der Waals surface area (Å²) in [7, 11) is -3.66. The molecule has 0 spiro atoms. The van der Waals surface area contributed by atoms with Crippen LogP contribution < -0.4 is 5.32 Å². The van der Waals surface area contributed by atoms with E-state index in [9.17, 15) is 13.2 Å². The molecule has 3 heterocycles. The third-order valence-electron chi connectivity index (χ3n) is 6.94. The molecule has 1 aliphatic rings. The van der Waals surface area contributed by atoms with E-state index in [1.54, 1.807) is 34.8 Å². The summed E-state index contributed by atoms with van der Waals surface area (Å²) in [6.07, 6.45) is 3.38. The van der Waals surface area contributed by atoms with Crippen LogP contribution in [-0.2, 0) is 10.0 Å². The number of likely N-dealkylation sites (N-methyl/N-ethyl adjacent to an activating group) is 1. The summed E-state index contributed by atoms with van der Waals surface area (Å²) < 4.78 is 28.4. The molecule has 4 rings (SSSR count). The fourth-order valence-corrected chi connectivity index (χ4v) is 6.03. The normalized spacial score (nSPS) is 15.4. The Morgan fingerprint density at radius 2 is 1.83 bits per heavy atom. The van der Waals surface area contributed by atoms with Crippen molar-refractivity contribution in [3.8, 4) is 11.4 Å². The van der Waals surface area contributed by atoms with Crippen molar-refractivity contribution in [2.24, 2.45) is 5.92 Å². The number of sulfonamides is 1. The van der Waals surface area contributed by atoms with Gasteiger partial charge in [0, 0.05) is 37.8 Å². The highest BCUT2D eigenvalue weighted by molar-refractivity contribution is 7.89. The summed E-state index contributed by atoms with van der Waals surface area (Å²) in [5.41, 5.74) is 2.16. The van der Waals surface area contributed by atoms with Gasteiger partial charge in [-0.1, -0.05) is 26.8 Å². The average molecular weight is 510 g/mol. The van der Waals surface area contributed by atoms with Gasteiger partial charge in [0.15, 0.2) is 0 Å². The van der Waals surface area contributed by atoms with Crippen molar-refractivity contribution in [2.75, 3.05) is 39.3 Å². The molecule has 1 aromatic carbocycles. The lowest BCUT2D eigenvalue weighted by molar-refractivity contribution is 0.0950. The molecule has 3 aromatic rings. The summed E-state index contributed by atoms with van der Waals surface area (Å²) in [5.74, 6) is 0.266. The molecule has 2 aromatic heterocycles. The first-order valence-corrected chi connectivity index (χ1v) is 14.1. The van der Waals surface area contributed by atoms with Gasteiger partial charge >= 0.3 is 0 Å². The summed E-state index contributed by atoms with van der Waals surface area (Å²) in [6, 6.07) is 12.1. The molecular weight excluding hydrogens is 474 g/mol. The second kappa shape index (κ2) is 11.5. The van der Waals surface area contributed by atoms with Crippen LogP contribution in [0.25, 0.3) is 22.3 Å². The van der Waals surface area contributed by atoms with Crippen LogP contribution in [0.5, 0.6) is 0 Å². The van der Waals surface area contributed by atoms with Crippen LogP contribution in [0, 0.1) is 5.92 Å². The van der Waals surface area contributed by atoms with Crippen LogP contribution in [0.15, 0.2) is 53.6 Å². The summed E-state index contributed by atoms with van der Waals surface area (Å²) in [4.78, 5) is 24.9. The van der Waals surface area contributed by atoms with Gasteiger partial charge in [-0.05, 0) is 68.2 Å². The molecule has 0 atom stereocenters. The molecule has 1 saturated heterocycles. The molecule has 1 fully saturated rings. The summed E-state index contributed by atoms with van der Waals surface area (Å²) in [5, 5.41) is 3.52. The molecule has 0 unspecified atom stereocenters. The molecule has 1 amide bonds. The third-order valence-corrected chi connectivity index (χ3v) is 8.84. The highest BCUT2D eigenvalue weighted by atomic mass is 32.2. The molecule has 0 aliphatic carbocycles. The Hall–Kier alpha value is -2.88. The molecule has 1 aliphatic heterocycles. The van der Waals surface area contributed by atoms with Crippen molar-refractivity contribution >= 4 is 26.8 Å². The first-order valence-electron chi connectivity index (χ1n) is 12.7. The van der Waals surface area contributed by atoms with E-state index in [1.165, 1.54) is 0 Å². The number of amides is 1. The zero-order valence-electron chi connectivity index (χ0n) is 21.3. The Bertz CT molecular complexity index is 1300. The minimum atomic E-state index is -3.66. The number of hydrogen-bond donors (Lipinski definition) is 1. The predicted octanol–water partition coefficient (Wildman–Crippen LogP) is 3.79. The number of pyridine rings is 2. The molecule has 0 bridgehead atoms. The van der Waals surface area contributed by atoms with E-state index >= 15 is 0 Å². The lowest BCUT2D eigenvalue weighted by atomic mass is 10.0. The molecule has 192 valence electrons. The van der Waals surface area contributed by atoms with Gasteiger partial charge in [0.05, 0.1) is 27.4 Å². The van der Waals surface area contributed by atoms with Crippen molar-refractivity contribution < 1.29 is 13.2 Å². The Kier molecular flexibility index (Phi) is 8.33. The van der Waals surface area contributed by atoms with E-state index in [1.807, 2.05) is 18.2 Å². The fraction of sp³-hybridized carbons (Fsp3) is 0.444. The topological polar surface area (TPSA) is 95.5 Å². The minimum Gasteiger partial charge on any atom is -0.351 e. The van der Waals surface area contributed by atoms with Gasteiger partial charge in [-0.25, -0.2) is 13.4 Å². The maximum Gasteiger partial charge on any atom is 0.252 e. The summed E-state index contributed by atoms with van der Waals surface area (Å²) in [6.45, 7) is 10.4. The van der Waals surface area contributed by atoms with Crippen molar-refractivity contribution in [2.45, 2.75) is 38.5 Å². The molecule has 9 heteroatoms. The molecule has 36 heavy (non-hydrogen) atoms. The van der Waals surface area contributed by atoms with E-state index in [2.05, 4.69) is 36.0 Å². The number of carbonyl (C=O) groups is 1. The first kappa shape index (κ1) is 26.2. The van der Waals surface area contributed by atoms with Crippen LogP contribution in [-0.4, -0.2) is 72.8 Å². The van der Waals surface area contributed by atoms with E-state index in [0.717, 1.165) is 32.5 Å². The van der Waals surface area contributed by atoms with Crippen LogP contribution >= 0.6 is 0 Å². The van der Waals surface area contributed by atoms with Gasteiger partial charge in [-0.3, -0.25) is 9.78 Å². The second-order valence-corrected chi connectivity index (χ2v) is 11.3. The fourth-order valence-electron chi connectivity index (χ4n) is 4.54. The quantitative estimate of drug-likeness (QED) is 0.472. The monoisotopic (exact) mass is 509 g/mol. The summed E-state index contributed by atoms with van der Waals surface area (Å²) >= 11 is 0. The lowest BCUT2D eigenvalue weighted by Gasteiger charge is -2.29. The average Bonchev–Trinajstić information content (AvgIpc) is 2.90. The van der Waals surface area contributed by atoms with Crippen LogP contribution in [0.4, 0.5) is 0 Å². The van der Waals surface area contributed by atoms with E-state index in [0.29, 0.717) is 53.4 Å². The van der Waals surface area contributed by atoms with Crippen molar-refractivity contribution in [1.29, 1.82) is 0 Å². The van der Waals surface area contributed by atoms with Gasteiger partial charge in [-0.15, -0.1) is 0 Å². The Labute approximate surface area is 213 Å². The minimum absolute atomic E-state index is 0.189. The van der Waals surface area contributed by atoms with Gasteiger partial charge in [-0.2, -0.15) is 4.31 Å². The smallest absolute Gasteiger partial charge is 0.252 e. The van der Waals surface area contributed by atoms with Gasteiger partial charge < -0.3 is 10.2 Å². The van der Waals surface area contributed by atoms with Crippen LogP contribution in [0.3, 0.4) is 0 Å². The number of rotatable bonds is 9. The van der Waals surface area contributed by atoms with E-state index in [-0.39, 0.29) is 10.8 Å². The van der Waals surface area contributed by atoms with Crippen molar-refractivity contribution in [3.63, 3.8) is 0 Å². The highest BCUT2D eigenvalue weighted by Gasteiger charge is 2.29. The maximum atomic E-state index is 13.4. The maximum absolute atomic E-state index is 13.4. The lowest BCUT2D eigenvalue weighted by Crippen LogP contribution is -2.37. The number of benzene rings is 1. The Balaban J connectivity index is 1.73. The van der Waals surface area contributed by atoms with Gasteiger partial charge in [0.2, 0.25) is 10.0 Å². The van der Waals surface area contributed by atoms with Crippen molar-refractivity contribution in [1.82, 2.24) is 24.5 Å². The number of aromatic nitrogens is 2. The first-order chi connectivity index (χ1) is 17.3. The largest absolute Gasteiger partial charge is 0.351 e. The van der Waals surface area contributed by atoms with E-state index < -0.39 is 10.0 Å². The number of nitrogens with zero attached hydrogens (tertiary/aromatic N) is 4. The van der Waals surface area contributed by atoms with Crippen LogP contribution in [0.1, 0.15) is 44.0 Å². The Morgan fingerprint density at radius 3 is 2.50 bits per heavy atom. The third kappa shape index (κ3) is 5.74. The molecule has 0 saturated carbocycles. The predicted molar refractivity (Wildman–Crippen MR) is 142 cm³/mol. The standard InChI is InChI=1S/C27H35N5O3S/c1-4-31(5-2)17-14-29-27(33)23-19-26(25-8-6-7-13-28-25)30-24-10-9-21(18-22(23)24)36(34,35)32-15-11-20(3)12-16-32/h6-10,13,18-20H,4-5,11-12,14-17H2,1-3H3,(H,29,33). The number of fused-ring (bicyclic) bond motifs is 1. The van der Waals surface area contributed by atoms with Crippen LogP contribution in [0.2, 0.25) is 0 Å². The molecule has 1 N–H and O–H groups in total. The number of piperidine rings is 1. The van der Waals surface area contributed by atoms with Gasteiger partial charge in [0.1, 0.15) is 0 Å². The molecule has 0 radical (unpaired) electrons. The van der Waals surface area contributed by atoms with E-state index in [4.69, 9.17) is 4.98 Å². The number of nitrogens with one attached hydrogen (secondary N) is 1. The highest BCUT2D eigenvalue weighted by Crippen LogP contribution is 2.29. The number of carbonyl (C=O) groups excluding carboxylic acids is 1. The SMILES string of the molecule is CCN(CC)CCNC(=O)c1cc(-c2ccccn2)nc2ccc(S(=O)(=O)N3CCC(C)CC3)cc12. The molecular formula is C27H35N5O3S. The zero-order chi connectivity index (χ0) is 25.7. The Morgan fingerprint density at radius 1 is 1.08 bits per heavy atom. The number of hydrogen-bond acceptors (Lipinski definition) is 6. The van der Waals surface area contributed by atoms with Crippen molar-refractivity contribution in [3.05, 3.63) is 54.2 Å².